The third-order valence-electron chi connectivity index (χ3n) is 5.03. The number of hydrogen-bond acceptors (Lipinski definition) is 4. The molecule has 0 amide bonds. The van der Waals surface area contributed by atoms with E-state index in [9.17, 15) is 0 Å². The molecule has 2 N–H and O–H groups in total. The van der Waals surface area contributed by atoms with Crippen LogP contribution in [0.1, 0.15) is 25.5 Å². The Morgan fingerprint density at radius 2 is 1.68 bits per heavy atom. The molecule has 0 radical (unpaired) electrons. The molecule has 122 valence electrons. The lowest BCUT2D eigenvalue weighted by Gasteiger charge is -2.36. The summed E-state index contributed by atoms with van der Waals surface area (Å²) < 4.78 is 0. The lowest BCUT2D eigenvalue weighted by molar-refractivity contribution is 0.162. The van der Waals surface area contributed by atoms with Crippen LogP contribution in [0.5, 0.6) is 0 Å². The Hall–Kier alpha value is -0.940. The second-order valence-corrected chi connectivity index (χ2v) is 6.79. The molecule has 1 aromatic rings. The smallest absolute Gasteiger partial charge is 0.0499 e. The summed E-state index contributed by atoms with van der Waals surface area (Å²) in [5.74, 6) is 0. The number of benzene rings is 1. The molecule has 0 aliphatic carbocycles. The fourth-order valence-electron chi connectivity index (χ4n) is 3.89. The molecule has 1 aromatic carbocycles. The SMILES string of the molecule is CC1CN2CCNC(C)C(c3ccccc3)N(CCN1)CC2. The zero-order valence-electron chi connectivity index (χ0n) is 14.0. The molecule has 2 bridgehead atoms. The van der Waals surface area contributed by atoms with E-state index in [1.54, 1.807) is 0 Å². The minimum Gasteiger partial charge on any atom is -0.312 e. The highest BCUT2D eigenvalue weighted by atomic mass is 15.3. The van der Waals surface area contributed by atoms with E-state index in [1.165, 1.54) is 12.1 Å². The van der Waals surface area contributed by atoms with Gasteiger partial charge in [0.15, 0.2) is 0 Å². The Bertz CT molecular complexity index is 450. The topological polar surface area (TPSA) is 30.5 Å². The van der Waals surface area contributed by atoms with Gasteiger partial charge in [-0.2, -0.15) is 0 Å². The van der Waals surface area contributed by atoms with E-state index in [0.717, 1.165) is 39.3 Å². The Balaban J connectivity index is 1.86. The van der Waals surface area contributed by atoms with Gasteiger partial charge in [-0.15, -0.1) is 0 Å². The number of rotatable bonds is 1. The Morgan fingerprint density at radius 1 is 0.909 bits per heavy atom. The molecule has 2 fully saturated rings. The zero-order chi connectivity index (χ0) is 15.4. The molecule has 3 rings (SSSR count). The van der Waals surface area contributed by atoms with Gasteiger partial charge in [-0.25, -0.2) is 0 Å². The highest BCUT2D eigenvalue weighted by Gasteiger charge is 2.28. The summed E-state index contributed by atoms with van der Waals surface area (Å²) in [5.41, 5.74) is 1.43. The predicted octanol–water partition coefficient (Wildman–Crippen LogP) is 1.32. The van der Waals surface area contributed by atoms with Crippen molar-refractivity contribution in [2.75, 3.05) is 45.8 Å². The van der Waals surface area contributed by atoms with Crippen LogP contribution in [0.2, 0.25) is 0 Å². The van der Waals surface area contributed by atoms with E-state index in [2.05, 4.69) is 64.6 Å². The highest BCUT2D eigenvalue weighted by molar-refractivity contribution is 5.21. The Morgan fingerprint density at radius 3 is 2.50 bits per heavy atom. The van der Waals surface area contributed by atoms with Crippen molar-refractivity contribution < 1.29 is 0 Å². The van der Waals surface area contributed by atoms with E-state index in [0.29, 0.717) is 18.1 Å². The fourth-order valence-corrected chi connectivity index (χ4v) is 3.89. The third kappa shape index (κ3) is 3.87. The summed E-state index contributed by atoms with van der Waals surface area (Å²) in [7, 11) is 0. The van der Waals surface area contributed by atoms with Crippen LogP contribution in [-0.2, 0) is 0 Å². The quantitative estimate of drug-likeness (QED) is 0.819. The summed E-state index contributed by atoms with van der Waals surface area (Å²) in [6.07, 6.45) is 0. The molecule has 2 saturated heterocycles. The molecular formula is C18H30N4. The first-order valence-electron chi connectivity index (χ1n) is 8.72. The van der Waals surface area contributed by atoms with Gasteiger partial charge < -0.3 is 10.6 Å². The van der Waals surface area contributed by atoms with Crippen molar-refractivity contribution in [2.24, 2.45) is 0 Å². The standard InChI is InChI=1S/C18H30N4/c1-15-14-21-10-8-20-16(2)18(17-6-4-3-5-7-17)22(13-12-21)11-9-19-15/h3-7,15-16,18-20H,8-14H2,1-2H3. The van der Waals surface area contributed by atoms with Gasteiger partial charge in [0.1, 0.15) is 0 Å². The minimum absolute atomic E-state index is 0.455. The zero-order valence-corrected chi connectivity index (χ0v) is 14.0. The van der Waals surface area contributed by atoms with Gasteiger partial charge in [-0.3, -0.25) is 9.80 Å². The third-order valence-corrected chi connectivity index (χ3v) is 5.03. The first-order chi connectivity index (χ1) is 10.7. The summed E-state index contributed by atoms with van der Waals surface area (Å²) >= 11 is 0. The number of nitrogens with one attached hydrogen (secondary N) is 2. The van der Waals surface area contributed by atoms with Gasteiger partial charge in [-0.05, 0) is 19.4 Å². The van der Waals surface area contributed by atoms with Gasteiger partial charge in [0.05, 0.1) is 0 Å². The van der Waals surface area contributed by atoms with Gasteiger partial charge in [0, 0.05) is 63.9 Å². The molecule has 4 nitrogen and oxygen atoms in total. The van der Waals surface area contributed by atoms with Crippen molar-refractivity contribution in [3.8, 4) is 0 Å². The largest absolute Gasteiger partial charge is 0.312 e. The van der Waals surface area contributed by atoms with Crippen LogP contribution in [0.4, 0.5) is 0 Å². The molecule has 22 heavy (non-hydrogen) atoms. The molecule has 5 atom stereocenters. The van der Waals surface area contributed by atoms with Gasteiger partial charge in [0.25, 0.3) is 0 Å². The van der Waals surface area contributed by atoms with E-state index in [-0.39, 0.29) is 0 Å². The molecule has 0 aromatic heterocycles. The lowest BCUT2D eigenvalue weighted by Crippen LogP contribution is -2.46. The number of hydrogen-bond donors (Lipinski definition) is 2. The lowest BCUT2D eigenvalue weighted by atomic mass is 9.98. The van der Waals surface area contributed by atoms with Crippen LogP contribution in [0.3, 0.4) is 0 Å². The summed E-state index contributed by atoms with van der Waals surface area (Å²) in [4.78, 5) is 5.26. The second kappa shape index (κ2) is 7.55. The first-order valence-corrected chi connectivity index (χ1v) is 8.72. The number of nitrogens with zero attached hydrogens (tertiary/aromatic N) is 2. The number of fused-ring (bicyclic) bond motifs is 3. The van der Waals surface area contributed by atoms with Gasteiger partial charge >= 0.3 is 0 Å². The molecule has 2 heterocycles. The molecule has 2 aliphatic heterocycles. The maximum atomic E-state index is 3.76. The van der Waals surface area contributed by atoms with Crippen LogP contribution in [-0.4, -0.2) is 67.7 Å². The van der Waals surface area contributed by atoms with Gasteiger partial charge in [0.2, 0.25) is 0 Å². The molecule has 4 heteroatoms. The molecule has 0 saturated carbocycles. The van der Waals surface area contributed by atoms with Crippen LogP contribution in [0, 0.1) is 0 Å². The van der Waals surface area contributed by atoms with Crippen LogP contribution < -0.4 is 10.6 Å². The van der Waals surface area contributed by atoms with E-state index < -0.39 is 0 Å². The van der Waals surface area contributed by atoms with Crippen molar-refractivity contribution in [3.05, 3.63) is 35.9 Å². The highest BCUT2D eigenvalue weighted by Crippen LogP contribution is 2.25. The second-order valence-electron chi connectivity index (χ2n) is 6.79. The monoisotopic (exact) mass is 302 g/mol. The van der Waals surface area contributed by atoms with E-state index in [4.69, 9.17) is 0 Å². The summed E-state index contributed by atoms with van der Waals surface area (Å²) in [5, 5.41) is 7.45. The predicted molar refractivity (Wildman–Crippen MR) is 92.1 cm³/mol. The van der Waals surface area contributed by atoms with Crippen molar-refractivity contribution in [2.45, 2.75) is 32.0 Å². The first kappa shape index (κ1) is 15.9. The van der Waals surface area contributed by atoms with Crippen molar-refractivity contribution >= 4 is 0 Å². The Kier molecular flexibility index (Phi) is 5.47. The minimum atomic E-state index is 0.455. The molecular weight excluding hydrogens is 272 g/mol. The maximum Gasteiger partial charge on any atom is 0.0499 e. The van der Waals surface area contributed by atoms with E-state index in [1.807, 2.05) is 0 Å². The molecule has 5 unspecified atom stereocenters. The average molecular weight is 302 g/mol. The van der Waals surface area contributed by atoms with Crippen LogP contribution in [0.25, 0.3) is 0 Å². The summed E-state index contributed by atoms with van der Waals surface area (Å²) in [6, 6.07) is 12.5. The van der Waals surface area contributed by atoms with Crippen molar-refractivity contribution in [1.29, 1.82) is 0 Å². The van der Waals surface area contributed by atoms with Crippen LogP contribution >= 0.6 is 0 Å². The van der Waals surface area contributed by atoms with E-state index >= 15 is 0 Å². The maximum absolute atomic E-state index is 3.76. The fraction of sp³-hybridized carbons (Fsp3) is 0.667. The Labute approximate surface area is 134 Å². The van der Waals surface area contributed by atoms with Crippen molar-refractivity contribution in [1.82, 2.24) is 20.4 Å². The normalized spacial score (nSPS) is 37.3. The van der Waals surface area contributed by atoms with Crippen molar-refractivity contribution in [3.63, 3.8) is 0 Å². The van der Waals surface area contributed by atoms with Gasteiger partial charge in [-0.1, -0.05) is 30.3 Å². The molecule has 0 spiro atoms. The van der Waals surface area contributed by atoms with Crippen LogP contribution in [0.15, 0.2) is 30.3 Å². The average Bonchev–Trinajstić information content (AvgIpc) is 2.64. The summed E-state index contributed by atoms with van der Waals surface area (Å²) in [6.45, 7) is 12.5. The molecule has 2 aliphatic rings.